The summed E-state index contributed by atoms with van der Waals surface area (Å²) in [6.45, 7) is 2.59. The third-order valence-corrected chi connectivity index (χ3v) is 4.11. The number of benzene rings is 1. The van der Waals surface area contributed by atoms with E-state index < -0.39 is 5.97 Å². The lowest BCUT2D eigenvalue weighted by Gasteiger charge is -2.28. The van der Waals surface area contributed by atoms with Crippen molar-refractivity contribution < 1.29 is 19.4 Å². The second kappa shape index (κ2) is 7.25. The van der Waals surface area contributed by atoms with Crippen LogP contribution in [-0.2, 0) is 9.59 Å². The van der Waals surface area contributed by atoms with Gasteiger partial charge in [-0.3, -0.25) is 9.59 Å². The van der Waals surface area contributed by atoms with E-state index in [9.17, 15) is 9.59 Å². The van der Waals surface area contributed by atoms with Crippen LogP contribution in [0.1, 0.15) is 50.5 Å². The van der Waals surface area contributed by atoms with E-state index in [1.54, 1.807) is 0 Å². The summed E-state index contributed by atoms with van der Waals surface area (Å²) < 4.78 is 5.52. The topological polar surface area (TPSA) is 63.6 Å². The molecule has 0 radical (unpaired) electrons. The van der Waals surface area contributed by atoms with E-state index in [1.165, 1.54) is 5.56 Å². The molecule has 0 aromatic heterocycles. The van der Waals surface area contributed by atoms with Gasteiger partial charge < -0.3 is 9.84 Å². The van der Waals surface area contributed by atoms with Gasteiger partial charge in [0.05, 0.1) is 6.61 Å². The van der Waals surface area contributed by atoms with Gasteiger partial charge in [0.15, 0.2) is 0 Å². The van der Waals surface area contributed by atoms with Gasteiger partial charge in [-0.1, -0.05) is 12.1 Å². The number of carboxylic acid groups (broad SMARTS) is 1. The zero-order chi connectivity index (χ0) is 15.2. The van der Waals surface area contributed by atoms with E-state index >= 15 is 0 Å². The molecule has 0 aliphatic heterocycles. The van der Waals surface area contributed by atoms with Crippen molar-refractivity contribution in [2.24, 2.45) is 5.92 Å². The van der Waals surface area contributed by atoms with Crippen molar-refractivity contribution in [3.8, 4) is 5.75 Å². The van der Waals surface area contributed by atoms with Crippen LogP contribution < -0.4 is 4.74 Å². The number of Topliss-reactive ketones (excluding diaryl/α,β-unsaturated/α-hetero) is 1. The molecule has 1 N–H and O–H groups in total. The molecule has 2 rings (SSSR count). The lowest BCUT2D eigenvalue weighted by molar-refractivity contribution is -0.137. The molecule has 114 valence electrons. The minimum Gasteiger partial charge on any atom is -0.494 e. The van der Waals surface area contributed by atoms with Gasteiger partial charge in [-0.25, -0.2) is 0 Å². The Labute approximate surface area is 125 Å². The molecule has 1 aliphatic rings. The van der Waals surface area contributed by atoms with E-state index in [2.05, 4.69) is 6.07 Å². The zero-order valence-electron chi connectivity index (χ0n) is 12.4. The molecular weight excluding hydrogens is 268 g/mol. The minimum absolute atomic E-state index is 0.0715. The first kappa shape index (κ1) is 15.5. The summed E-state index contributed by atoms with van der Waals surface area (Å²) in [6, 6.07) is 8.02. The Kier molecular flexibility index (Phi) is 5.37. The molecule has 4 heteroatoms. The van der Waals surface area contributed by atoms with Gasteiger partial charge >= 0.3 is 5.97 Å². The fourth-order valence-electron chi connectivity index (χ4n) is 3.02. The third kappa shape index (κ3) is 4.31. The SMILES string of the molecule is CCOc1cccc(C2CCC(=O)C(CCC(=O)O)C2)c1. The van der Waals surface area contributed by atoms with Crippen molar-refractivity contribution in [3.63, 3.8) is 0 Å². The molecule has 0 saturated heterocycles. The van der Waals surface area contributed by atoms with E-state index in [-0.39, 0.29) is 18.1 Å². The summed E-state index contributed by atoms with van der Waals surface area (Å²) in [5.74, 6) is 0.447. The van der Waals surface area contributed by atoms with Crippen molar-refractivity contribution >= 4 is 11.8 Å². The fraction of sp³-hybridized carbons (Fsp3) is 0.529. The van der Waals surface area contributed by atoms with Crippen LogP contribution in [-0.4, -0.2) is 23.5 Å². The Morgan fingerprint density at radius 1 is 1.43 bits per heavy atom. The van der Waals surface area contributed by atoms with Crippen LogP contribution in [0.4, 0.5) is 0 Å². The Morgan fingerprint density at radius 3 is 2.95 bits per heavy atom. The summed E-state index contributed by atoms with van der Waals surface area (Å²) in [6.07, 6.45) is 2.67. The number of ketones is 1. The van der Waals surface area contributed by atoms with Crippen molar-refractivity contribution in [2.45, 2.75) is 44.9 Å². The molecule has 1 aromatic rings. The fourth-order valence-corrected chi connectivity index (χ4v) is 3.02. The van der Waals surface area contributed by atoms with E-state index in [4.69, 9.17) is 9.84 Å². The summed E-state index contributed by atoms with van der Waals surface area (Å²) in [4.78, 5) is 22.6. The molecule has 1 aromatic carbocycles. The maximum Gasteiger partial charge on any atom is 0.303 e. The Morgan fingerprint density at radius 2 is 2.24 bits per heavy atom. The number of rotatable bonds is 6. The van der Waals surface area contributed by atoms with Gasteiger partial charge in [-0.2, -0.15) is 0 Å². The van der Waals surface area contributed by atoms with Gasteiger partial charge in [0, 0.05) is 18.8 Å². The van der Waals surface area contributed by atoms with Gasteiger partial charge in [0.1, 0.15) is 11.5 Å². The number of carboxylic acids is 1. The third-order valence-electron chi connectivity index (χ3n) is 4.11. The highest BCUT2D eigenvalue weighted by molar-refractivity contribution is 5.82. The molecule has 21 heavy (non-hydrogen) atoms. The first-order valence-corrected chi connectivity index (χ1v) is 7.57. The number of carbonyl (C=O) groups is 2. The lowest BCUT2D eigenvalue weighted by Crippen LogP contribution is -2.24. The molecule has 1 fully saturated rings. The zero-order valence-corrected chi connectivity index (χ0v) is 12.4. The number of ether oxygens (including phenoxy) is 1. The standard InChI is InChI=1S/C17H22O4/c1-2-21-15-5-3-4-12(11-15)13-6-8-16(18)14(10-13)7-9-17(19)20/h3-5,11,13-14H,2,6-10H2,1H3,(H,19,20). The smallest absolute Gasteiger partial charge is 0.303 e. The number of aliphatic carboxylic acids is 1. The van der Waals surface area contributed by atoms with Crippen LogP contribution in [0.5, 0.6) is 5.75 Å². The Hall–Kier alpha value is -1.84. The summed E-state index contributed by atoms with van der Waals surface area (Å²) >= 11 is 0. The minimum atomic E-state index is -0.830. The van der Waals surface area contributed by atoms with Crippen molar-refractivity contribution in [3.05, 3.63) is 29.8 Å². The molecule has 0 amide bonds. The number of hydrogen-bond acceptors (Lipinski definition) is 3. The van der Waals surface area contributed by atoms with Crippen molar-refractivity contribution in [1.82, 2.24) is 0 Å². The van der Waals surface area contributed by atoms with E-state index in [1.807, 2.05) is 25.1 Å². The predicted molar refractivity (Wildman–Crippen MR) is 79.6 cm³/mol. The van der Waals surface area contributed by atoms with Crippen LogP contribution in [0.25, 0.3) is 0 Å². The predicted octanol–water partition coefficient (Wildman–Crippen LogP) is 3.40. The molecule has 2 unspecified atom stereocenters. The quantitative estimate of drug-likeness (QED) is 0.872. The molecule has 0 bridgehead atoms. The van der Waals surface area contributed by atoms with Crippen molar-refractivity contribution in [1.29, 1.82) is 0 Å². The summed E-state index contributed by atoms with van der Waals surface area (Å²) in [5, 5.41) is 8.78. The molecular formula is C17H22O4. The molecule has 4 nitrogen and oxygen atoms in total. The van der Waals surface area contributed by atoms with Gasteiger partial charge in [-0.05, 0) is 49.8 Å². The van der Waals surface area contributed by atoms with Crippen LogP contribution >= 0.6 is 0 Å². The van der Waals surface area contributed by atoms with E-state index in [0.29, 0.717) is 25.4 Å². The molecule has 1 aliphatic carbocycles. The van der Waals surface area contributed by atoms with Crippen LogP contribution in [0.15, 0.2) is 24.3 Å². The summed E-state index contributed by atoms with van der Waals surface area (Å²) in [7, 11) is 0. The summed E-state index contributed by atoms with van der Waals surface area (Å²) in [5.41, 5.74) is 1.19. The van der Waals surface area contributed by atoms with Gasteiger partial charge in [0.25, 0.3) is 0 Å². The second-order valence-electron chi connectivity index (χ2n) is 5.57. The first-order valence-electron chi connectivity index (χ1n) is 7.57. The van der Waals surface area contributed by atoms with Gasteiger partial charge in [-0.15, -0.1) is 0 Å². The average molecular weight is 290 g/mol. The number of hydrogen-bond donors (Lipinski definition) is 1. The molecule has 1 saturated carbocycles. The van der Waals surface area contributed by atoms with E-state index in [0.717, 1.165) is 18.6 Å². The molecule has 0 heterocycles. The molecule has 2 atom stereocenters. The average Bonchev–Trinajstić information content (AvgIpc) is 2.47. The highest BCUT2D eigenvalue weighted by Gasteiger charge is 2.29. The van der Waals surface area contributed by atoms with Crippen LogP contribution in [0.3, 0.4) is 0 Å². The number of carbonyl (C=O) groups excluding carboxylic acids is 1. The monoisotopic (exact) mass is 290 g/mol. The highest BCUT2D eigenvalue weighted by atomic mass is 16.5. The normalized spacial score (nSPS) is 22.0. The van der Waals surface area contributed by atoms with Gasteiger partial charge in [0.2, 0.25) is 0 Å². The maximum atomic E-state index is 11.9. The van der Waals surface area contributed by atoms with Crippen molar-refractivity contribution in [2.75, 3.05) is 6.61 Å². The van der Waals surface area contributed by atoms with Crippen LogP contribution in [0, 0.1) is 5.92 Å². The first-order chi connectivity index (χ1) is 10.1. The largest absolute Gasteiger partial charge is 0.494 e. The second-order valence-corrected chi connectivity index (χ2v) is 5.57. The maximum absolute atomic E-state index is 11.9. The highest BCUT2D eigenvalue weighted by Crippen LogP contribution is 2.37. The molecule has 0 spiro atoms. The lowest BCUT2D eigenvalue weighted by atomic mass is 9.75. The van der Waals surface area contributed by atoms with Crippen LogP contribution in [0.2, 0.25) is 0 Å². The Bertz CT molecular complexity index is 509. The Balaban J connectivity index is 2.04.